The van der Waals surface area contributed by atoms with Crippen LogP contribution in [0.15, 0.2) is 187 Å². The van der Waals surface area contributed by atoms with Crippen molar-refractivity contribution >= 4 is 22.1 Å². The average Bonchev–Trinajstić information content (AvgIpc) is 3.81. The second-order valence-electron chi connectivity index (χ2n) is 11.4. The number of rotatable bonds is 7. The third-order valence-corrected chi connectivity index (χ3v) is 8.44. The van der Waals surface area contributed by atoms with Crippen molar-refractivity contribution in [3.8, 4) is 50.8 Å². The van der Waals surface area contributed by atoms with Crippen molar-refractivity contribution in [2.24, 2.45) is 0 Å². The molecule has 0 radical (unpaired) electrons. The lowest BCUT2D eigenvalue weighted by atomic mass is 9.95. The molecule has 9 aromatic rings. The fourth-order valence-corrected chi connectivity index (χ4v) is 6.30. The minimum atomic E-state index is -0.568. The van der Waals surface area contributed by atoms with E-state index in [2.05, 4.69) is 4.98 Å². The molecule has 6 heteroatoms. The van der Waals surface area contributed by atoms with Gasteiger partial charge in [0.1, 0.15) is 22.9 Å². The number of aromatic nitrogens is 4. The number of ether oxygens (including phenoxy) is 1. The van der Waals surface area contributed by atoms with Crippen molar-refractivity contribution in [2.45, 2.75) is 0 Å². The van der Waals surface area contributed by atoms with Crippen LogP contribution in [0.25, 0.3) is 61.4 Å². The first kappa shape index (κ1) is 20.4. The fourth-order valence-electron chi connectivity index (χ4n) is 6.30. The van der Waals surface area contributed by atoms with E-state index in [0.717, 1.165) is 5.52 Å². The van der Waals surface area contributed by atoms with Crippen LogP contribution in [-0.4, -0.2) is 14.1 Å². The Labute approximate surface area is 302 Å². The van der Waals surface area contributed by atoms with Gasteiger partial charge >= 0.3 is 5.69 Å². The molecule has 50 heavy (non-hydrogen) atoms. The second-order valence-corrected chi connectivity index (χ2v) is 11.4. The molecule has 0 aliphatic carbocycles. The van der Waals surface area contributed by atoms with Crippen molar-refractivity contribution < 1.29 is 23.0 Å². The van der Waals surface area contributed by atoms with Crippen molar-refractivity contribution in [2.75, 3.05) is 0 Å². The molecule has 0 aliphatic heterocycles. The van der Waals surface area contributed by atoms with E-state index < -0.39 is 60.4 Å². The normalized spacial score (nSPS) is 14.1. The molecule has 2 heterocycles. The first-order valence-corrected chi connectivity index (χ1v) is 15.7. The van der Waals surface area contributed by atoms with Crippen LogP contribution in [0.4, 0.5) is 0 Å². The molecule has 9 rings (SSSR count). The summed E-state index contributed by atoms with van der Waals surface area (Å²) in [5, 5.41) is 0. The number of para-hydroxylation sites is 5. The van der Waals surface area contributed by atoms with E-state index >= 15 is 0 Å². The number of hydrogen-bond donors (Lipinski definition) is 1. The number of fused-ring (bicyclic) bond motifs is 2. The van der Waals surface area contributed by atoms with Gasteiger partial charge in [-0.15, -0.1) is 0 Å². The van der Waals surface area contributed by atoms with Crippen LogP contribution in [0.5, 0.6) is 11.5 Å². The molecule has 0 saturated carbocycles. The number of H-pyrrole nitrogens is 1. The predicted octanol–water partition coefficient (Wildman–Crippen LogP) is 9.67. The van der Waals surface area contributed by atoms with Gasteiger partial charge in [0, 0.05) is 23.3 Å². The number of benzene rings is 7. The molecule has 0 saturated heterocycles. The van der Waals surface area contributed by atoms with Gasteiger partial charge in [0.25, 0.3) is 6.33 Å². The largest absolute Gasteiger partial charge is 0.457 e. The lowest BCUT2D eigenvalue weighted by molar-refractivity contribution is -0.566. The minimum absolute atomic E-state index is 0.123. The zero-order valence-corrected chi connectivity index (χ0v) is 26.2. The fraction of sp³-hybridized carbons (Fsp3) is 0. The monoisotopic (exact) mass is 657 g/mol. The third-order valence-electron chi connectivity index (χ3n) is 8.44. The number of nitrogens with one attached hydrogen (secondary N) is 1. The third kappa shape index (κ3) is 5.16. The molecule has 0 aliphatic rings. The van der Waals surface area contributed by atoms with Crippen LogP contribution >= 0.6 is 0 Å². The Kier molecular flexibility index (Phi) is 5.02. The maximum absolute atomic E-state index is 13.0. The SMILES string of the molecule is [2H]c1c([2H])c([2H])c(-c2cccc(-c3c([2H])c([2H])c([2H])c([2H])c3[2H])c2-[n+]2cn(-c3cccc(Oc4cccc(-n5c(=O)[nH]c6ccccc65)c4)c3)c3ccccc32)c([2H])c1[2H]. The maximum Gasteiger partial charge on any atom is 0.331 e. The van der Waals surface area contributed by atoms with E-state index in [0.29, 0.717) is 39.4 Å². The van der Waals surface area contributed by atoms with Gasteiger partial charge < -0.3 is 9.72 Å². The van der Waals surface area contributed by atoms with Crippen LogP contribution in [-0.2, 0) is 0 Å². The van der Waals surface area contributed by atoms with Crippen molar-refractivity contribution in [1.82, 2.24) is 14.1 Å². The Bertz CT molecular complexity index is 3160. The summed E-state index contributed by atoms with van der Waals surface area (Å²) in [5.41, 5.74) is 3.99. The Balaban J connectivity index is 1.24. The zero-order chi connectivity index (χ0) is 42.1. The van der Waals surface area contributed by atoms with E-state index in [1.54, 1.807) is 57.9 Å². The first-order valence-electron chi connectivity index (χ1n) is 20.7. The Morgan fingerprint density at radius 3 is 1.88 bits per heavy atom. The van der Waals surface area contributed by atoms with Gasteiger partial charge in [0.05, 0.1) is 30.4 Å². The Morgan fingerprint density at radius 2 is 1.18 bits per heavy atom. The van der Waals surface area contributed by atoms with Crippen molar-refractivity contribution in [3.05, 3.63) is 192 Å². The molecular weight excluding hydrogens is 617 g/mol. The molecule has 0 unspecified atom stereocenters. The molecule has 6 nitrogen and oxygen atoms in total. The highest BCUT2D eigenvalue weighted by Crippen LogP contribution is 2.35. The van der Waals surface area contributed by atoms with Crippen LogP contribution in [0, 0.1) is 0 Å². The van der Waals surface area contributed by atoms with E-state index in [1.807, 2.05) is 77.4 Å². The quantitative estimate of drug-likeness (QED) is 0.174. The van der Waals surface area contributed by atoms with E-state index in [-0.39, 0.29) is 33.6 Å². The summed E-state index contributed by atoms with van der Waals surface area (Å²) in [4.78, 5) is 15.8. The summed E-state index contributed by atoms with van der Waals surface area (Å²) in [5.74, 6) is 0.949. The van der Waals surface area contributed by atoms with E-state index in [1.165, 1.54) is 0 Å². The molecule has 0 amide bonds. The molecule has 0 bridgehead atoms. The molecule has 0 fully saturated rings. The average molecular weight is 658 g/mol. The highest BCUT2D eigenvalue weighted by atomic mass is 16.5. The van der Waals surface area contributed by atoms with Gasteiger partial charge in [-0.25, -0.2) is 4.79 Å². The highest BCUT2D eigenvalue weighted by molar-refractivity contribution is 5.85. The lowest BCUT2D eigenvalue weighted by Gasteiger charge is -2.13. The standard InChI is InChI=1S/C44H30N4O2/c49-44-45-39-24-7-8-25-40(39)48(44)34-19-12-21-36(29-34)50-35-20-11-18-33(28-35)46-30-47(42-27-10-9-26-41(42)46)43-37(31-14-3-1-4-15-31)22-13-23-38(43)32-16-5-2-6-17-32/h1-30H/p+1/i1D,2D,3D,4D,5D,6D,14D,15D,16D,17D. The van der Waals surface area contributed by atoms with Crippen LogP contribution < -0.4 is 15.0 Å². The predicted molar refractivity (Wildman–Crippen MR) is 200 cm³/mol. The summed E-state index contributed by atoms with van der Waals surface area (Å²) in [7, 11) is 0. The smallest absolute Gasteiger partial charge is 0.331 e. The van der Waals surface area contributed by atoms with Gasteiger partial charge in [0.15, 0.2) is 11.0 Å². The molecule has 7 aromatic carbocycles. The van der Waals surface area contributed by atoms with E-state index in [9.17, 15) is 4.79 Å². The first-order chi connectivity index (χ1) is 28.8. The lowest BCUT2D eigenvalue weighted by Crippen LogP contribution is -2.30. The van der Waals surface area contributed by atoms with Gasteiger partial charge in [-0.1, -0.05) is 115 Å². The Hall–Kier alpha value is -6.92. The maximum atomic E-state index is 13.0. The van der Waals surface area contributed by atoms with Crippen molar-refractivity contribution in [1.29, 1.82) is 0 Å². The molecule has 238 valence electrons. The minimum Gasteiger partial charge on any atom is -0.457 e. The Morgan fingerprint density at radius 1 is 0.600 bits per heavy atom. The summed E-state index contributed by atoms with van der Waals surface area (Å²) in [6.07, 6.45) is 1.74. The van der Waals surface area contributed by atoms with E-state index in [4.69, 9.17) is 18.4 Å². The molecule has 0 spiro atoms. The number of hydrogen-bond acceptors (Lipinski definition) is 2. The number of imidazole rings is 2. The van der Waals surface area contributed by atoms with Gasteiger partial charge in [0.2, 0.25) is 0 Å². The molecule has 1 N–H and O–H groups in total. The van der Waals surface area contributed by atoms with Gasteiger partial charge in [-0.3, -0.25) is 4.57 Å². The molecule has 0 atom stereocenters. The topological polar surface area (TPSA) is 55.8 Å². The van der Waals surface area contributed by atoms with Gasteiger partial charge in [-0.2, -0.15) is 9.13 Å². The molecular formula is C44H31N4O2+. The number of nitrogens with zero attached hydrogens (tertiary/aromatic N) is 3. The van der Waals surface area contributed by atoms with Crippen LogP contribution in [0.2, 0.25) is 0 Å². The number of aromatic amines is 1. The second kappa shape index (κ2) is 12.3. The molecule has 2 aromatic heterocycles. The summed E-state index contributed by atoms with van der Waals surface area (Å²) in [6.45, 7) is 0. The van der Waals surface area contributed by atoms with Crippen LogP contribution in [0.3, 0.4) is 0 Å². The summed E-state index contributed by atoms with van der Waals surface area (Å²) >= 11 is 0. The highest BCUT2D eigenvalue weighted by Gasteiger charge is 2.25. The zero-order valence-electron chi connectivity index (χ0n) is 36.2. The summed E-state index contributed by atoms with van der Waals surface area (Å²) < 4.78 is 97.7. The van der Waals surface area contributed by atoms with Crippen molar-refractivity contribution in [3.63, 3.8) is 0 Å². The van der Waals surface area contributed by atoms with Crippen LogP contribution in [0.1, 0.15) is 13.7 Å². The summed E-state index contributed by atoms with van der Waals surface area (Å²) in [6, 6.07) is 28.8. The van der Waals surface area contributed by atoms with Gasteiger partial charge in [-0.05, 0) is 59.7 Å².